The van der Waals surface area contributed by atoms with Crippen LogP contribution in [0.2, 0.25) is 0 Å². The monoisotopic (exact) mass is 419 g/mol. The number of hydrogen-bond acceptors (Lipinski definition) is 4. The van der Waals surface area contributed by atoms with Gasteiger partial charge in [-0.2, -0.15) is 4.31 Å². The zero-order valence-electron chi connectivity index (χ0n) is 15.9. The lowest BCUT2D eigenvalue weighted by atomic mass is 9.99. The Morgan fingerprint density at radius 2 is 1.79 bits per heavy atom. The van der Waals surface area contributed by atoms with Crippen molar-refractivity contribution in [1.29, 1.82) is 0 Å². The first-order chi connectivity index (χ1) is 13.8. The van der Waals surface area contributed by atoms with E-state index in [4.69, 9.17) is 0 Å². The number of benzene rings is 2. The summed E-state index contributed by atoms with van der Waals surface area (Å²) in [5, 5.41) is 5.23. The van der Waals surface area contributed by atoms with Crippen LogP contribution in [0.25, 0.3) is 0 Å². The summed E-state index contributed by atoms with van der Waals surface area (Å²) in [6, 6.07) is 11.5. The summed E-state index contributed by atoms with van der Waals surface area (Å²) in [6.45, 7) is 1.74. The second kappa shape index (κ2) is 8.71. The van der Waals surface area contributed by atoms with Gasteiger partial charge in [0, 0.05) is 31.4 Å². The molecule has 2 N–H and O–H groups in total. The molecule has 1 atom stereocenters. The fourth-order valence-corrected chi connectivity index (χ4v) is 4.77. The maximum absolute atomic E-state index is 13.3. The SMILES string of the molecule is CC(=O)Nc1ccc(S(=O)(=O)N2CCCC(C(=O)Nc3cccc(F)c3)C2)cc1. The minimum absolute atomic E-state index is 0.0525. The van der Waals surface area contributed by atoms with E-state index in [1.807, 2.05) is 0 Å². The molecule has 1 heterocycles. The summed E-state index contributed by atoms with van der Waals surface area (Å²) in [6.07, 6.45) is 1.10. The molecule has 29 heavy (non-hydrogen) atoms. The standard InChI is InChI=1S/C20H22FN3O4S/c1-14(25)22-17-7-9-19(10-8-17)29(27,28)24-11-3-4-15(13-24)20(26)23-18-6-2-5-16(21)12-18/h2,5-10,12,15H,3-4,11,13H2,1H3,(H,22,25)(H,23,26). The highest BCUT2D eigenvalue weighted by Gasteiger charge is 2.33. The van der Waals surface area contributed by atoms with Crippen molar-refractivity contribution in [3.8, 4) is 0 Å². The number of rotatable bonds is 5. The Bertz CT molecular complexity index is 1010. The molecule has 2 aromatic carbocycles. The smallest absolute Gasteiger partial charge is 0.243 e. The first-order valence-corrected chi connectivity index (χ1v) is 10.6. The lowest BCUT2D eigenvalue weighted by Gasteiger charge is -2.31. The van der Waals surface area contributed by atoms with Crippen molar-refractivity contribution in [3.63, 3.8) is 0 Å². The van der Waals surface area contributed by atoms with Gasteiger partial charge in [-0.25, -0.2) is 12.8 Å². The molecule has 0 aromatic heterocycles. The van der Waals surface area contributed by atoms with Crippen LogP contribution < -0.4 is 10.6 Å². The molecule has 1 aliphatic heterocycles. The number of amides is 2. The lowest BCUT2D eigenvalue weighted by molar-refractivity contribution is -0.121. The number of carbonyl (C=O) groups is 2. The van der Waals surface area contributed by atoms with E-state index < -0.39 is 21.8 Å². The van der Waals surface area contributed by atoms with E-state index >= 15 is 0 Å². The van der Waals surface area contributed by atoms with Crippen LogP contribution >= 0.6 is 0 Å². The number of nitrogens with zero attached hydrogens (tertiary/aromatic N) is 1. The number of piperidine rings is 1. The van der Waals surface area contributed by atoms with E-state index in [0.29, 0.717) is 30.8 Å². The second-order valence-electron chi connectivity index (χ2n) is 6.91. The number of anilines is 2. The molecular formula is C20H22FN3O4S. The van der Waals surface area contributed by atoms with Gasteiger partial charge in [0.25, 0.3) is 0 Å². The molecule has 1 saturated heterocycles. The third-order valence-electron chi connectivity index (χ3n) is 4.66. The van der Waals surface area contributed by atoms with Crippen LogP contribution in [0.4, 0.5) is 15.8 Å². The summed E-state index contributed by atoms with van der Waals surface area (Å²) in [7, 11) is -3.77. The van der Waals surface area contributed by atoms with Crippen LogP contribution in [-0.2, 0) is 19.6 Å². The molecule has 7 nitrogen and oxygen atoms in total. The number of sulfonamides is 1. The third kappa shape index (κ3) is 5.18. The first kappa shape index (κ1) is 20.9. The van der Waals surface area contributed by atoms with Gasteiger partial charge in [0.15, 0.2) is 0 Å². The van der Waals surface area contributed by atoms with Gasteiger partial charge in [0.2, 0.25) is 21.8 Å². The molecule has 0 spiro atoms. The maximum atomic E-state index is 13.3. The van der Waals surface area contributed by atoms with E-state index in [-0.39, 0.29) is 23.3 Å². The Kier molecular flexibility index (Phi) is 6.29. The van der Waals surface area contributed by atoms with E-state index in [0.717, 1.165) is 0 Å². The Balaban J connectivity index is 1.70. The quantitative estimate of drug-likeness (QED) is 0.779. The van der Waals surface area contributed by atoms with Crippen molar-refractivity contribution in [1.82, 2.24) is 4.31 Å². The molecule has 9 heteroatoms. The zero-order chi connectivity index (χ0) is 21.0. The second-order valence-corrected chi connectivity index (χ2v) is 8.85. The molecule has 2 amide bonds. The normalized spacial score (nSPS) is 17.5. The van der Waals surface area contributed by atoms with Crippen molar-refractivity contribution in [3.05, 3.63) is 54.3 Å². The number of hydrogen-bond donors (Lipinski definition) is 2. The van der Waals surface area contributed by atoms with Crippen LogP contribution in [0, 0.1) is 11.7 Å². The average molecular weight is 419 g/mol. The summed E-state index contributed by atoms with van der Waals surface area (Å²) >= 11 is 0. The molecule has 2 aromatic rings. The molecule has 0 radical (unpaired) electrons. The number of nitrogens with one attached hydrogen (secondary N) is 2. The highest BCUT2D eigenvalue weighted by molar-refractivity contribution is 7.89. The predicted molar refractivity (Wildman–Crippen MR) is 107 cm³/mol. The topological polar surface area (TPSA) is 95.6 Å². The summed E-state index contributed by atoms with van der Waals surface area (Å²) < 4.78 is 40.5. The van der Waals surface area contributed by atoms with Crippen molar-refractivity contribution in [2.45, 2.75) is 24.7 Å². The molecule has 0 bridgehead atoms. The van der Waals surface area contributed by atoms with E-state index in [2.05, 4.69) is 10.6 Å². The molecule has 1 fully saturated rings. The van der Waals surface area contributed by atoms with Crippen molar-refractivity contribution < 1.29 is 22.4 Å². The average Bonchev–Trinajstić information content (AvgIpc) is 2.68. The minimum Gasteiger partial charge on any atom is -0.326 e. The van der Waals surface area contributed by atoms with Gasteiger partial charge in [0.05, 0.1) is 10.8 Å². The van der Waals surface area contributed by atoms with Gasteiger partial charge in [0.1, 0.15) is 5.82 Å². The third-order valence-corrected chi connectivity index (χ3v) is 6.54. The summed E-state index contributed by atoms with van der Waals surface area (Å²) in [5.74, 6) is -1.57. The van der Waals surface area contributed by atoms with Crippen LogP contribution in [-0.4, -0.2) is 37.6 Å². The number of halogens is 1. The fraction of sp³-hybridized carbons (Fsp3) is 0.300. The Morgan fingerprint density at radius 1 is 1.07 bits per heavy atom. The Morgan fingerprint density at radius 3 is 2.45 bits per heavy atom. The van der Waals surface area contributed by atoms with Crippen molar-refractivity contribution in [2.75, 3.05) is 23.7 Å². The van der Waals surface area contributed by atoms with Gasteiger partial charge in [-0.3, -0.25) is 9.59 Å². The molecule has 3 rings (SSSR count). The highest BCUT2D eigenvalue weighted by atomic mass is 32.2. The molecule has 0 aliphatic carbocycles. The maximum Gasteiger partial charge on any atom is 0.243 e. The number of carbonyl (C=O) groups excluding carboxylic acids is 2. The van der Waals surface area contributed by atoms with Gasteiger partial charge in [-0.1, -0.05) is 6.07 Å². The largest absolute Gasteiger partial charge is 0.326 e. The summed E-state index contributed by atoms with van der Waals surface area (Å²) in [4.78, 5) is 23.7. The lowest BCUT2D eigenvalue weighted by Crippen LogP contribution is -2.43. The van der Waals surface area contributed by atoms with E-state index in [9.17, 15) is 22.4 Å². The van der Waals surface area contributed by atoms with Gasteiger partial charge < -0.3 is 10.6 Å². The predicted octanol–water partition coefficient (Wildman–Crippen LogP) is 2.82. The van der Waals surface area contributed by atoms with Gasteiger partial charge in [-0.05, 0) is 55.3 Å². The Hall–Kier alpha value is -2.78. The van der Waals surface area contributed by atoms with Gasteiger partial charge >= 0.3 is 0 Å². The van der Waals surface area contributed by atoms with E-state index in [1.54, 1.807) is 6.07 Å². The van der Waals surface area contributed by atoms with Crippen LogP contribution in [0.1, 0.15) is 19.8 Å². The molecule has 1 unspecified atom stereocenters. The summed E-state index contributed by atoms with van der Waals surface area (Å²) in [5.41, 5.74) is 0.839. The zero-order valence-corrected chi connectivity index (χ0v) is 16.7. The highest BCUT2D eigenvalue weighted by Crippen LogP contribution is 2.25. The van der Waals surface area contributed by atoms with Crippen molar-refractivity contribution in [2.24, 2.45) is 5.92 Å². The molecule has 154 valence electrons. The van der Waals surface area contributed by atoms with Crippen LogP contribution in [0.5, 0.6) is 0 Å². The van der Waals surface area contributed by atoms with Crippen LogP contribution in [0.15, 0.2) is 53.4 Å². The van der Waals surface area contributed by atoms with Crippen LogP contribution in [0.3, 0.4) is 0 Å². The van der Waals surface area contributed by atoms with E-state index in [1.165, 1.54) is 53.7 Å². The fourth-order valence-electron chi connectivity index (χ4n) is 3.25. The minimum atomic E-state index is -3.77. The Labute approximate surface area is 169 Å². The molecule has 1 aliphatic rings. The molecular weight excluding hydrogens is 397 g/mol. The molecule has 0 saturated carbocycles. The van der Waals surface area contributed by atoms with Crippen molar-refractivity contribution >= 4 is 33.2 Å². The first-order valence-electron chi connectivity index (χ1n) is 9.20. The van der Waals surface area contributed by atoms with Gasteiger partial charge in [-0.15, -0.1) is 0 Å².